The lowest BCUT2D eigenvalue weighted by molar-refractivity contribution is 0.102. The van der Waals surface area contributed by atoms with Crippen molar-refractivity contribution in [2.75, 3.05) is 20.0 Å². The molecule has 0 aliphatic rings. The lowest BCUT2D eigenvalue weighted by atomic mass is 10.1. The fraction of sp³-hybridized carbons (Fsp3) is 0.300. The highest BCUT2D eigenvalue weighted by Gasteiger charge is 2.09. The van der Waals surface area contributed by atoms with E-state index in [-0.39, 0.29) is 11.5 Å². The number of carbonyl (C=O) groups excluding carboxylic acids is 1. The number of methoxy groups -OCH3 is 2. The smallest absolute Gasteiger partial charge is 0.174 e. The fourth-order valence-corrected chi connectivity index (χ4v) is 1.49. The van der Waals surface area contributed by atoms with Gasteiger partial charge in [-0.15, -0.1) is 0 Å². The summed E-state index contributed by atoms with van der Waals surface area (Å²) in [5.41, 5.74) is 0.575. The van der Waals surface area contributed by atoms with E-state index < -0.39 is 0 Å². The van der Waals surface area contributed by atoms with Crippen LogP contribution in [0.25, 0.3) is 0 Å². The summed E-state index contributed by atoms with van der Waals surface area (Å²) in [6.07, 6.45) is 0. The fourth-order valence-electron chi connectivity index (χ4n) is 1.17. The average molecular weight is 227 g/mol. The monoisotopic (exact) mass is 227 g/mol. The number of benzene rings is 1. The number of carbonyl (C=O) groups is 1. The SMILES string of the molecule is COc1ccc(C(=O)CSN)cc1OC. The molecule has 0 amide bonds. The molecule has 0 aliphatic carbocycles. The number of ether oxygens (including phenoxy) is 2. The van der Waals surface area contributed by atoms with Crippen LogP contribution in [0.1, 0.15) is 10.4 Å². The van der Waals surface area contributed by atoms with Crippen LogP contribution < -0.4 is 14.6 Å². The normalized spacial score (nSPS) is 9.80. The number of nitrogens with two attached hydrogens (primary N) is 1. The minimum absolute atomic E-state index is 0.0246. The molecule has 0 aliphatic heterocycles. The third-order valence-corrected chi connectivity index (χ3v) is 2.35. The Morgan fingerprint density at radius 2 is 2.00 bits per heavy atom. The van der Waals surface area contributed by atoms with Gasteiger partial charge in [-0.1, -0.05) is 11.9 Å². The number of hydrogen-bond donors (Lipinski definition) is 1. The lowest BCUT2D eigenvalue weighted by Crippen LogP contribution is -2.04. The van der Waals surface area contributed by atoms with Gasteiger partial charge in [0, 0.05) is 5.56 Å². The quantitative estimate of drug-likeness (QED) is 0.610. The van der Waals surface area contributed by atoms with Gasteiger partial charge in [-0.2, -0.15) is 0 Å². The predicted octanol–water partition coefficient (Wildman–Crippen LogP) is 1.49. The zero-order valence-corrected chi connectivity index (χ0v) is 9.47. The molecule has 0 heterocycles. The zero-order chi connectivity index (χ0) is 11.3. The number of hydrogen-bond acceptors (Lipinski definition) is 5. The van der Waals surface area contributed by atoms with Crippen LogP contribution in [0.3, 0.4) is 0 Å². The van der Waals surface area contributed by atoms with E-state index in [1.807, 2.05) is 0 Å². The van der Waals surface area contributed by atoms with Crippen LogP contribution in [0.2, 0.25) is 0 Å². The molecule has 0 atom stereocenters. The van der Waals surface area contributed by atoms with Gasteiger partial charge in [0.2, 0.25) is 0 Å². The predicted molar refractivity (Wildman–Crippen MR) is 60.5 cm³/mol. The zero-order valence-electron chi connectivity index (χ0n) is 8.65. The van der Waals surface area contributed by atoms with Gasteiger partial charge in [-0.3, -0.25) is 9.93 Å². The van der Waals surface area contributed by atoms with Crippen molar-refractivity contribution in [1.82, 2.24) is 0 Å². The third kappa shape index (κ3) is 2.87. The first-order valence-corrected chi connectivity index (χ1v) is 5.34. The number of ketones is 1. The molecule has 2 N–H and O–H groups in total. The summed E-state index contributed by atoms with van der Waals surface area (Å²) >= 11 is 1.01. The topological polar surface area (TPSA) is 61.5 Å². The van der Waals surface area contributed by atoms with E-state index in [0.717, 1.165) is 11.9 Å². The van der Waals surface area contributed by atoms with Crippen molar-refractivity contribution in [2.45, 2.75) is 0 Å². The summed E-state index contributed by atoms with van der Waals surface area (Å²) < 4.78 is 10.2. The van der Waals surface area contributed by atoms with Crippen molar-refractivity contribution >= 4 is 17.7 Å². The number of Topliss-reactive ketones (excluding diaryl/α,β-unsaturated/α-hetero) is 1. The highest BCUT2D eigenvalue weighted by atomic mass is 32.2. The van der Waals surface area contributed by atoms with Crippen LogP contribution in [0.4, 0.5) is 0 Å². The van der Waals surface area contributed by atoms with Crippen molar-refractivity contribution in [2.24, 2.45) is 5.14 Å². The first-order chi connectivity index (χ1) is 7.22. The molecule has 0 bridgehead atoms. The Kier molecular flexibility index (Phi) is 4.45. The summed E-state index contributed by atoms with van der Waals surface area (Å²) in [6.45, 7) is 0. The van der Waals surface area contributed by atoms with E-state index in [9.17, 15) is 4.79 Å². The van der Waals surface area contributed by atoms with Crippen LogP contribution in [-0.2, 0) is 0 Å². The summed E-state index contributed by atoms with van der Waals surface area (Å²) in [6, 6.07) is 5.05. The maximum Gasteiger partial charge on any atom is 0.174 e. The van der Waals surface area contributed by atoms with Gasteiger partial charge < -0.3 is 9.47 Å². The lowest BCUT2D eigenvalue weighted by Gasteiger charge is -2.08. The molecule has 1 aromatic rings. The molecular weight excluding hydrogens is 214 g/mol. The van der Waals surface area contributed by atoms with E-state index in [1.54, 1.807) is 25.3 Å². The largest absolute Gasteiger partial charge is 0.493 e. The molecule has 0 radical (unpaired) electrons. The van der Waals surface area contributed by atoms with Gasteiger partial charge >= 0.3 is 0 Å². The Bertz CT molecular complexity index is 355. The van der Waals surface area contributed by atoms with Crippen LogP contribution in [0.5, 0.6) is 11.5 Å². The molecule has 0 saturated carbocycles. The average Bonchev–Trinajstić information content (AvgIpc) is 2.28. The van der Waals surface area contributed by atoms with Crippen LogP contribution in [0, 0.1) is 0 Å². The van der Waals surface area contributed by atoms with E-state index in [0.29, 0.717) is 17.1 Å². The van der Waals surface area contributed by atoms with Gasteiger partial charge in [0.1, 0.15) is 0 Å². The third-order valence-electron chi connectivity index (χ3n) is 1.92. The van der Waals surface area contributed by atoms with Crippen LogP contribution >= 0.6 is 11.9 Å². The molecule has 0 spiro atoms. The van der Waals surface area contributed by atoms with E-state index >= 15 is 0 Å². The Labute approximate surface area is 92.9 Å². The Morgan fingerprint density at radius 1 is 1.33 bits per heavy atom. The number of rotatable bonds is 5. The van der Waals surface area contributed by atoms with E-state index in [4.69, 9.17) is 14.6 Å². The summed E-state index contributed by atoms with van der Waals surface area (Å²) in [5.74, 6) is 1.39. The van der Waals surface area contributed by atoms with E-state index in [2.05, 4.69) is 0 Å². The second-order valence-electron chi connectivity index (χ2n) is 2.80. The maximum absolute atomic E-state index is 11.5. The van der Waals surface area contributed by atoms with Gasteiger partial charge in [0.15, 0.2) is 17.3 Å². The van der Waals surface area contributed by atoms with Gasteiger partial charge in [-0.25, -0.2) is 0 Å². The van der Waals surface area contributed by atoms with Crippen LogP contribution in [-0.4, -0.2) is 25.8 Å². The van der Waals surface area contributed by atoms with Crippen molar-refractivity contribution in [3.05, 3.63) is 23.8 Å². The highest BCUT2D eigenvalue weighted by molar-refractivity contribution is 7.97. The minimum Gasteiger partial charge on any atom is -0.493 e. The molecule has 0 aromatic heterocycles. The summed E-state index contributed by atoms with van der Waals surface area (Å²) in [7, 11) is 3.08. The summed E-state index contributed by atoms with van der Waals surface area (Å²) in [5, 5.41) is 5.23. The molecule has 1 aromatic carbocycles. The highest BCUT2D eigenvalue weighted by Crippen LogP contribution is 2.27. The molecule has 15 heavy (non-hydrogen) atoms. The van der Waals surface area contributed by atoms with E-state index in [1.165, 1.54) is 7.11 Å². The van der Waals surface area contributed by atoms with Gasteiger partial charge in [0.05, 0.1) is 20.0 Å². The Hall–Kier alpha value is -1.20. The van der Waals surface area contributed by atoms with Crippen molar-refractivity contribution in [3.63, 3.8) is 0 Å². The van der Waals surface area contributed by atoms with Gasteiger partial charge in [-0.05, 0) is 18.2 Å². The molecule has 4 nitrogen and oxygen atoms in total. The second-order valence-corrected chi connectivity index (χ2v) is 3.43. The molecule has 1 rings (SSSR count). The molecule has 5 heteroatoms. The first kappa shape index (κ1) is 11.9. The Morgan fingerprint density at radius 3 is 2.53 bits per heavy atom. The molecule has 82 valence electrons. The molecule has 0 unspecified atom stereocenters. The minimum atomic E-state index is -0.0246. The maximum atomic E-state index is 11.5. The van der Waals surface area contributed by atoms with Crippen molar-refractivity contribution in [1.29, 1.82) is 0 Å². The van der Waals surface area contributed by atoms with Gasteiger partial charge in [0.25, 0.3) is 0 Å². The van der Waals surface area contributed by atoms with Crippen molar-refractivity contribution < 1.29 is 14.3 Å². The first-order valence-electron chi connectivity index (χ1n) is 4.29. The molecule has 0 saturated heterocycles. The molecular formula is C10H13NO3S. The van der Waals surface area contributed by atoms with Crippen molar-refractivity contribution in [3.8, 4) is 11.5 Å². The Balaban J connectivity index is 2.97. The standard InChI is InChI=1S/C10H13NO3S/c1-13-9-4-3-7(5-10(9)14-2)8(12)6-15-11/h3-5H,6,11H2,1-2H3. The second kappa shape index (κ2) is 5.63. The molecule has 0 fully saturated rings. The summed E-state index contributed by atoms with van der Waals surface area (Å²) in [4.78, 5) is 11.5. The van der Waals surface area contributed by atoms with Crippen LogP contribution in [0.15, 0.2) is 18.2 Å².